The van der Waals surface area contributed by atoms with Crippen LogP contribution < -0.4 is 31.6 Å². The minimum atomic E-state index is -0.144. The van der Waals surface area contributed by atoms with Gasteiger partial charge in [-0.3, -0.25) is 18.8 Å². The first-order valence-corrected chi connectivity index (χ1v) is 16.3. The Labute approximate surface area is 271 Å². The van der Waals surface area contributed by atoms with Gasteiger partial charge in [0.2, 0.25) is 17.7 Å². The highest BCUT2D eigenvalue weighted by atomic mass is 35.5. The van der Waals surface area contributed by atoms with Crippen molar-refractivity contribution in [1.82, 2.24) is 35.6 Å². The SMILES string of the molecule is O=C1CC[C@@H](CNCc2ccc(-c3cccc(-c4ccn5c(=O)c(CNC[C@@H]6CCC(=O)N6)cnc5c4)c3Cl)nc2OC2CC2)N1. The van der Waals surface area contributed by atoms with E-state index in [4.69, 9.17) is 21.3 Å². The lowest BCUT2D eigenvalue weighted by Gasteiger charge is -2.16. The molecule has 1 aliphatic carbocycles. The van der Waals surface area contributed by atoms with Crippen LogP contribution >= 0.6 is 11.6 Å². The lowest BCUT2D eigenvalue weighted by molar-refractivity contribution is -0.120. The molecule has 2 aliphatic heterocycles. The molecule has 0 unspecified atom stereocenters. The number of amides is 2. The van der Waals surface area contributed by atoms with Gasteiger partial charge in [-0.05, 0) is 49.4 Å². The van der Waals surface area contributed by atoms with E-state index in [0.717, 1.165) is 47.9 Å². The van der Waals surface area contributed by atoms with E-state index in [-0.39, 0.29) is 35.6 Å². The Hall–Kier alpha value is -4.32. The number of carbonyl (C=O) groups excluding carboxylic acids is 2. The molecule has 11 nitrogen and oxygen atoms in total. The van der Waals surface area contributed by atoms with Crippen molar-refractivity contribution in [3.63, 3.8) is 0 Å². The molecule has 1 aromatic carbocycles. The number of ether oxygens (including phenoxy) is 1. The van der Waals surface area contributed by atoms with Crippen molar-refractivity contribution in [2.45, 2.75) is 69.8 Å². The van der Waals surface area contributed by atoms with E-state index in [1.165, 1.54) is 4.40 Å². The summed E-state index contributed by atoms with van der Waals surface area (Å²) in [5, 5.41) is 13.2. The van der Waals surface area contributed by atoms with E-state index in [2.05, 4.69) is 26.3 Å². The lowest BCUT2D eigenvalue weighted by Crippen LogP contribution is -2.36. The largest absolute Gasteiger partial charge is 0.474 e. The number of halogens is 1. The molecule has 4 N–H and O–H groups in total. The van der Waals surface area contributed by atoms with E-state index < -0.39 is 0 Å². The number of carbonyl (C=O) groups is 2. The smallest absolute Gasteiger partial charge is 0.262 e. The predicted molar refractivity (Wildman–Crippen MR) is 175 cm³/mol. The molecule has 2 amide bonds. The third-order valence-electron chi connectivity index (χ3n) is 8.69. The van der Waals surface area contributed by atoms with Crippen LogP contribution in [0.4, 0.5) is 0 Å². The zero-order chi connectivity index (χ0) is 31.6. The molecule has 3 fully saturated rings. The van der Waals surface area contributed by atoms with Crippen LogP contribution in [0.25, 0.3) is 28.0 Å². The monoisotopic (exact) mass is 641 g/mol. The summed E-state index contributed by atoms with van der Waals surface area (Å²) in [6.45, 7) is 2.24. The first-order chi connectivity index (χ1) is 22.4. The molecule has 3 aromatic heterocycles. The fraction of sp³-hybridized carbons (Fsp3) is 0.382. The molecule has 5 heterocycles. The highest BCUT2D eigenvalue weighted by molar-refractivity contribution is 6.36. The first-order valence-electron chi connectivity index (χ1n) is 15.9. The van der Waals surface area contributed by atoms with Crippen LogP contribution in [0.1, 0.15) is 49.7 Å². The summed E-state index contributed by atoms with van der Waals surface area (Å²) in [5.41, 5.74) is 4.99. The molecule has 4 aromatic rings. The van der Waals surface area contributed by atoms with Crippen molar-refractivity contribution in [3.05, 3.63) is 81.4 Å². The van der Waals surface area contributed by atoms with Crippen LogP contribution in [-0.2, 0) is 22.7 Å². The van der Waals surface area contributed by atoms with Crippen LogP contribution in [0.3, 0.4) is 0 Å². The summed E-state index contributed by atoms with van der Waals surface area (Å²) in [6.07, 6.45) is 8.29. The maximum atomic E-state index is 13.2. The first kappa shape index (κ1) is 30.3. The average molecular weight is 642 g/mol. The second-order valence-corrected chi connectivity index (χ2v) is 12.6. The van der Waals surface area contributed by atoms with Crippen molar-refractivity contribution in [1.29, 1.82) is 0 Å². The number of benzene rings is 1. The molecule has 7 rings (SSSR count). The van der Waals surface area contributed by atoms with Crippen molar-refractivity contribution in [2.75, 3.05) is 13.1 Å². The molecular weight excluding hydrogens is 606 g/mol. The third kappa shape index (κ3) is 6.76. The molecule has 0 radical (unpaired) electrons. The molecule has 3 aliphatic rings. The van der Waals surface area contributed by atoms with E-state index >= 15 is 0 Å². The molecule has 238 valence electrons. The molecule has 0 bridgehead atoms. The quantitative estimate of drug-likeness (QED) is 0.185. The van der Waals surface area contributed by atoms with Crippen LogP contribution in [0, 0.1) is 0 Å². The molecular formula is C34H36ClN7O4. The van der Waals surface area contributed by atoms with Crippen LogP contribution in [-0.4, -0.2) is 57.5 Å². The van der Waals surface area contributed by atoms with Crippen LogP contribution in [0.2, 0.25) is 5.02 Å². The number of nitrogens with zero attached hydrogens (tertiary/aromatic N) is 3. The Morgan fingerprint density at radius 2 is 1.57 bits per heavy atom. The van der Waals surface area contributed by atoms with Crippen LogP contribution in [0.15, 0.2) is 59.7 Å². The number of aromatic nitrogens is 3. The van der Waals surface area contributed by atoms with Gasteiger partial charge in [-0.1, -0.05) is 35.9 Å². The van der Waals surface area contributed by atoms with Crippen molar-refractivity contribution in [3.8, 4) is 28.3 Å². The molecule has 0 spiro atoms. The second-order valence-electron chi connectivity index (χ2n) is 12.2. The topological polar surface area (TPSA) is 139 Å². The highest BCUT2D eigenvalue weighted by Gasteiger charge is 2.26. The molecule has 2 atom stereocenters. The normalized spacial score (nSPS) is 19.4. The van der Waals surface area contributed by atoms with Gasteiger partial charge in [0.25, 0.3) is 5.56 Å². The van der Waals surface area contributed by atoms with Gasteiger partial charge in [0.1, 0.15) is 11.8 Å². The van der Waals surface area contributed by atoms with Crippen molar-refractivity contribution >= 4 is 29.1 Å². The summed E-state index contributed by atoms with van der Waals surface area (Å²) in [5.74, 6) is 0.769. The molecule has 2 saturated heterocycles. The summed E-state index contributed by atoms with van der Waals surface area (Å²) < 4.78 is 7.74. The zero-order valence-electron chi connectivity index (χ0n) is 25.4. The standard InChI is InChI=1S/C34H36ClN7O4/c35-32-26(20-12-13-42-29(14-20)38-17-22(34(42)45)16-37-19-24-6-11-31(44)40-24)2-1-3-27(32)28-9-4-21(33(41-28)46-25-7-8-25)15-36-18-23-5-10-30(43)39-23/h1-4,9,12-14,17,23-25,36-37H,5-8,10-11,15-16,18-19H2,(H,39,43)(H,40,44)/t23-,24-/m0/s1. The van der Waals surface area contributed by atoms with Gasteiger partial charge in [-0.15, -0.1) is 0 Å². The Kier molecular flexibility index (Phi) is 8.70. The number of nitrogens with one attached hydrogen (secondary N) is 4. The fourth-order valence-corrected chi connectivity index (χ4v) is 6.31. The molecule has 1 saturated carbocycles. The minimum Gasteiger partial charge on any atom is -0.474 e. The summed E-state index contributed by atoms with van der Waals surface area (Å²) in [7, 11) is 0. The third-order valence-corrected chi connectivity index (χ3v) is 9.10. The van der Waals surface area contributed by atoms with Gasteiger partial charge in [-0.2, -0.15) is 0 Å². The Morgan fingerprint density at radius 3 is 2.24 bits per heavy atom. The highest BCUT2D eigenvalue weighted by Crippen LogP contribution is 2.37. The van der Waals surface area contributed by atoms with E-state index in [1.807, 2.05) is 42.5 Å². The number of pyridine rings is 2. The average Bonchev–Trinajstić information content (AvgIpc) is 3.63. The second kappa shape index (κ2) is 13.2. The fourth-order valence-electron chi connectivity index (χ4n) is 5.98. The van der Waals surface area contributed by atoms with Crippen molar-refractivity contribution < 1.29 is 14.3 Å². The van der Waals surface area contributed by atoms with Gasteiger partial charge in [0.05, 0.1) is 10.7 Å². The van der Waals surface area contributed by atoms with E-state index in [0.29, 0.717) is 66.8 Å². The van der Waals surface area contributed by atoms with E-state index in [1.54, 1.807) is 12.4 Å². The number of fused-ring (bicyclic) bond motifs is 1. The van der Waals surface area contributed by atoms with Gasteiger partial charge in [-0.25, -0.2) is 9.97 Å². The number of hydrogen-bond acceptors (Lipinski definition) is 8. The zero-order valence-corrected chi connectivity index (χ0v) is 26.1. The number of hydrogen-bond donors (Lipinski definition) is 4. The van der Waals surface area contributed by atoms with E-state index in [9.17, 15) is 14.4 Å². The predicted octanol–water partition coefficient (Wildman–Crippen LogP) is 3.35. The summed E-state index contributed by atoms with van der Waals surface area (Å²) in [4.78, 5) is 45.6. The Balaban J connectivity index is 1.09. The van der Waals surface area contributed by atoms with Gasteiger partial charge in [0, 0.05) is 85.8 Å². The Morgan fingerprint density at radius 1 is 0.870 bits per heavy atom. The maximum Gasteiger partial charge on any atom is 0.262 e. The molecule has 46 heavy (non-hydrogen) atoms. The summed E-state index contributed by atoms with van der Waals surface area (Å²) in [6, 6.07) is 13.8. The maximum absolute atomic E-state index is 13.2. The van der Waals surface area contributed by atoms with Crippen LogP contribution in [0.5, 0.6) is 5.88 Å². The lowest BCUT2D eigenvalue weighted by atomic mass is 10.0. The van der Waals surface area contributed by atoms with Gasteiger partial charge in [0.15, 0.2) is 0 Å². The van der Waals surface area contributed by atoms with Gasteiger partial charge >= 0.3 is 0 Å². The van der Waals surface area contributed by atoms with Crippen molar-refractivity contribution in [2.24, 2.45) is 0 Å². The molecule has 12 heteroatoms. The van der Waals surface area contributed by atoms with Gasteiger partial charge < -0.3 is 26.0 Å². The minimum absolute atomic E-state index is 0.0686. The Bertz CT molecular complexity index is 1860. The number of rotatable bonds is 12. The summed E-state index contributed by atoms with van der Waals surface area (Å²) >= 11 is 7.03.